The number of hydrogen-bond acceptors (Lipinski definition) is 4. The predicted octanol–water partition coefficient (Wildman–Crippen LogP) is 2.58. The van der Waals surface area contributed by atoms with Gasteiger partial charge in [-0.15, -0.1) is 0 Å². The van der Waals surface area contributed by atoms with Crippen molar-refractivity contribution in [1.82, 2.24) is 5.06 Å². The summed E-state index contributed by atoms with van der Waals surface area (Å²) in [6, 6.07) is 9.39. The van der Waals surface area contributed by atoms with E-state index in [4.69, 9.17) is 9.57 Å². The quantitative estimate of drug-likeness (QED) is 0.802. The van der Waals surface area contributed by atoms with Crippen molar-refractivity contribution in [3.05, 3.63) is 41.5 Å². The van der Waals surface area contributed by atoms with Crippen molar-refractivity contribution in [3.8, 4) is 0 Å². The van der Waals surface area contributed by atoms with E-state index in [1.54, 1.807) is 20.8 Å². The summed E-state index contributed by atoms with van der Waals surface area (Å²) >= 11 is 0. The number of amides is 1. The van der Waals surface area contributed by atoms with Gasteiger partial charge in [-0.05, 0) is 38.8 Å². The summed E-state index contributed by atoms with van der Waals surface area (Å²) in [7, 11) is 0. The SMILES string of the molecule is CCOC(=O)C(C)(C)N1OCC(C)=C(c2ccccc2)C1=O. The summed E-state index contributed by atoms with van der Waals surface area (Å²) in [6.07, 6.45) is 0. The number of esters is 1. The van der Waals surface area contributed by atoms with E-state index in [-0.39, 0.29) is 19.1 Å². The van der Waals surface area contributed by atoms with Crippen molar-refractivity contribution in [2.45, 2.75) is 33.2 Å². The van der Waals surface area contributed by atoms with Crippen molar-refractivity contribution in [1.29, 1.82) is 0 Å². The van der Waals surface area contributed by atoms with Gasteiger partial charge in [0.05, 0.1) is 18.8 Å². The first kappa shape index (κ1) is 16.2. The van der Waals surface area contributed by atoms with E-state index < -0.39 is 11.5 Å². The minimum atomic E-state index is -1.19. The Labute approximate surface area is 130 Å². The first-order valence-electron chi connectivity index (χ1n) is 7.29. The zero-order valence-corrected chi connectivity index (χ0v) is 13.4. The lowest BCUT2D eigenvalue weighted by molar-refractivity contribution is -0.219. The largest absolute Gasteiger partial charge is 0.464 e. The molecule has 1 aliphatic heterocycles. The first-order valence-corrected chi connectivity index (χ1v) is 7.29. The van der Waals surface area contributed by atoms with E-state index >= 15 is 0 Å². The topological polar surface area (TPSA) is 55.8 Å². The normalized spacial score (nSPS) is 16.0. The standard InChI is InChI=1S/C17H21NO4/c1-5-21-16(20)17(3,4)18-15(19)14(12(2)11-22-18)13-9-7-6-8-10-13/h6-10H,5,11H2,1-4H3. The summed E-state index contributed by atoms with van der Waals surface area (Å²) in [6.45, 7) is 7.34. The molecule has 0 bridgehead atoms. The van der Waals surface area contributed by atoms with Crippen molar-refractivity contribution in [3.63, 3.8) is 0 Å². The lowest BCUT2D eigenvalue weighted by Crippen LogP contribution is -2.55. The Kier molecular flexibility index (Phi) is 4.66. The highest BCUT2D eigenvalue weighted by atomic mass is 16.7. The van der Waals surface area contributed by atoms with E-state index in [1.807, 2.05) is 37.3 Å². The molecular formula is C17H21NO4. The molecule has 0 N–H and O–H groups in total. The van der Waals surface area contributed by atoms with Crippen LogP contribution in [-0.2, 0) is 19.2 Å². The Hall–Kier alpha value is -2.14. The van der Waals surface area contributed by atoms with Crippen LogP contribution in [0.4, 0.5) is 0 Å². The average Bonchev–Trinajstić information content (AvgIpc) is 2.48. The molecule has 5 heteroatoms. The van der Waals surface area contributed by atoms with Gasteiger partial charge in [0.2, 0.25) is 0 Å². The number of carbonyl (C=O) groups is 2. The van der Waals surface area contributed by atoms with Gasteiger partial charge in [0.1, 0.15) is 0 Å². The second-order valence-electron chi connectivity index (χ2n) is 5.67. The molecule has 0 spiro atoms. The first-order chi connectivity index (χ1) is 10.4. The zero-order chi connectivity index (χ0) is 16.3. The number of carbonyl (C=O) groups excluding carboxylic acids is 2. The Morgan fingerprint density at radius 3 is 2.55 bits per heavy atom. The molecule has 1 aliphatic rings. The molecule has 0 saturated carbocycles. The molecule has 0 saturated heterocycles. The minimum absolute atomic E-state index is 0.255. The zero-order valence-electron chi connectivity index (χ0n) is 13.4. The van der Waals surface area contributed by atoms with Crippen LogP contribution in [0.1, 0.15) is 33.3 Å². The van der Waals surface area contributed by atoms with E-state index in [9.17, 15) is 9.59 Å². The van der Waals surface area contributed by atoms with Gasteiger partial charge in [0.25, 0.3) is 5.91 Å². The molecule has 0 radical (unpaired) electrons. The third-order valence-corrected chi connectivity index (χ3v) is 3.58. The predicted molar refractivity (Wildman–Crippen MR) is 82.5 cm³/mol. The maximum atomic E-state index is 12.8. The molecule has 2 rings (SSSR count). The molecular weight excluding hydrogens is 282 g/mol. The molecule has 0 aromatic heterocycles. The highest BCUT2D eigenvalue weighted by molar-refractivity contribution is 6.21. The average molecular weight is 303 g/mol. The van der Waals surface area contributed by atoms with Crippen LogP contribution in [-0.4, -0.2) is 35.7 Å². The summed E-state index contributed by atoms with van der Waals surface area (Å²) < 4.78 is 5.05. The van der Waals surface area contributed by atoms with Crippen molar-refractivity contribution >= 4 is 17.4 Å². The van der Waals surface area contributed by atoms with Crippen molar-refractivity contribution < 1.29 is 19.2 Å². The number of benzene rings is 1. The van der Waals surface area contributed by atoms with Crippen molar-refractivity contribution in [2.75, 3.05) is 13.2 Å². The van der Waals surface area contributed by atoms with Gasteiger partial charge in [-0.3, -0.25) is 9.63 Å². The minimum Gasteiger partial charge on any atom is -0.464 e. The fourth-order valence-electron chi connectivity index (χ4n) is 2.36. The second-order valence-corrected chi connectivity index (χ2v) is 5.67. The van der Waals surface area contributed by atoms with E-state index in [0.29, 0.717) is 5.57 Å². The highest BCUT2D eigenvalue weighted by Crippen LogP contribution is 2.30. The van der Waals surface area contributed by atoms with Crippen LogP contribution in [0.15, 0.2) is 35.9 Å². The van der Waals surface area contributed by atoms with Gasteiger partial charge in [0, 0.05) is 0 Å². The van der Waals surface area contributed by atoms with Crippen LogP contribution in [0.25, 0.3) is 5.57 Å². The molecule has 0 atom stereocenters. The van der Waals surface area contributed by atoms with Gasteiger partial charge in [0.15, 0.2) is 5.54 Å². The number of nitrogens with zero attached hydrogens (tertiary/aromatic N) is 1. The number of ether oxygens (including phenoxy) is 1. The second kappa shape index (κ2) is 6.32. The summed E-state index contributed by atoms with van der Waals surface area (Å²) in [4.78, 5) is 30.5. The van der Waals surface area contributed by atoms with Gasteiger partial charge in [-0.1, -0.05) is 30.3 Å². The van der Waals surface area contributed by atoms with Gasteiger partial charge in [-0.2, -0.15) is 5.06 Å². The van der Waals surface area contributed by atoms with E-state index in [0.717, 1.165) is 16.2 Å². The van der Waals surface area contributed by atoms with E-state index in [1.165, 1.54) is 0 Å². The molecule has 1 amide bonds. The molecule has 0 aliphatic carbocycles. The fourth-order valence-corrected chi connectivity index (χ4v) is 2.36. The van der Waals surface area contributed by atoms with Crippen LogP contribution in [0, 0.1) is 0 Å². The molecule has 0 fully saturated rings. The Morgan fingerprint density at radius 1 is 1.32 bits per heavy atom. The van der Waals surface area contributed by atoms with Crippen molar-refractivity contribution in [2.24, 2.45) is 0 Å². The van der Waals surface area contributed by atoms with Gasteiger partial charge < -0.3 is 4.74 Å². The lowest BCUT2D eigenvalue weighted by Gasteiger charge is -2.38. The summed E-state index contributed by atoms with van der Waals surface area (Å²) in [5.41, 5.74) is 1.04. The van der Waals surface area contributed by atoms with Crippen LogP contribution in [0.2, 0.25) is 0 Å². The molecule has 118 valence electrons. The van der Waals surface area contributed by atoms with Crippen LogP contribution in [0.3, 0.4) is 0 Å². The van der Waals surface area contributed by atoms with Gasteiger partial charge in [-0.25, -0.2) is 4.79 Å². The summed E-state index contributed by atoms with van der Waals surface area (Å²) in [5.74, 6) is -0.816. The highest BCUT2D eigenvalue weighted by Gasteiger charge is 2.44. The molecule has 0 unspecified atom stereocenters. The lowest BCUT2D eigenvalue weighted by atomic mass is 9.96. The maximum Gasteiger partial charge on any atom is 0.334 e. The number of rotatable bonds is 4. The molecule has 1 heterocycles. The molecule has 22 heavy (non-hydrogen) atoms. The number of hydrogen-bond donors (Lipinski definition) is 0. The molecule has 1 aromatic carbocycles. The van der Waals surface area contributed by atoms with Crippen LogP contribution in [0.5, 0.6) is 0 Å². The van der Waals surface area contributed by atoms with Gasteiger partial charge >= 0.3 is 5.97 Å². The Balaban J connectivity index is 2.36. The van der Waals surface area contributed by atoms with E-state index in [2.05, 4.69) is 0 Å². The smallest absolute Gasteiger partial charge is 0.334 e. The monoisotopic (exact) mass is 303 g/mol. The third kappa shape index (κ3) is 2.90. The van der Waals surface area contributed by atoms with Crippen LogP contribution >= 0.6 is 0 Å². The fraction of sp³-hybridized carbons (Fsp3) is 0.412. The maximum absolute atomic E-state index is 12.8. The Bertz CT molecular complexity index is 604. The molecule has 1 aromatic rings. The number of hydroxylamine groups is 2. The Morgan fingerprint density at radius 2 is 1.95 bits per heavy atom. The third-order valence-electron chi connectivity index (χ3n) is 3.58. The molecule has 5 nitrogen and oxygen atoms in total. The van der Waals surface area contributed by atoms with Crippen LogP contribution < -0.4 is 0 Å². The summed E-state index contributed by atoms with van der Waals surface area (Å²) in [5, 5.41) is 1.13.